The molecule has 1 saturated heterocycles. The van der Waals surface area contributed by atoms with Crippen LogP contribution in [0, 0.1) is 5.92 Å². The molecule has 0 aromatic carbocycles. The Labute approximate surface area is 108 Å². The van der Waals surface area contributed by atoms with Crippen molar-refractivity contribution in [2.75, 3.05) is 26.7 Å². The van der Waals surface area contributed by atoms with Crippen LogP contribution in [-0.2, 0) is 6.42 Å². The van der Waals surface area contributed by atoms with Crippen LogP contribution in [0.2, 0.25) is 0 Å². The Bertz CT molecular complexity index is 350. The molecule has 1 fully saturated rings. The molecular formula is C13H23N3S. The lowest BCUT2D eigenvalue weighted by Gasteiger charge is -2.08. The van der Waals surface area contributed by atoms with E-state index < -0.39 is 0 Å². The maximum Gasteiger partial charge on any atom is 0.0931 e. The highest BCUT2D eigenvalue weighted by molar-refractivity contribution is 7.09. The second-order valence-corrected chi connectivity index (χ2v) is 6.24. The van der Waals surface area contributed by atoms with Crippen LogP contribution in [-0.4, -0.2) is 36.6 Å². The lowest BCUT2D eigenvalue weighted by Crippen LogP contribution is -2.13. The van der Waals surface area contributed by atoms with E-state index >= 15 is 0 Å². The van der Waals surface area contributed by atoms with Crippen LogP contribution >= 0.6 is 11.3 Å². The van der Waals surface area contributed by atoms with Crippen LogP contribution in [0.25, 0.3) is 0 Å². The maximum atomic E-state index is 5.58. The van der Waals surface area contributed by atoms with Gasteiger partial charge in [0, 0.05) is 24.3 Å². The average Bonchev–Trinajstić information content (AvgIpc) is 2.87. The van der Waals surface area contributed by atoms with Crippen molar-refractivity contribution >= 4 is 11.3 Å². The molecule has 1 aliphatic rings. The number of nitrogens with zero attached hydrogens (tertiary/aromatic N) is 2. The van der Waals surface area contributed by atoms with Crippen molar-refractivity contribution in [2.24, 2.45) is 11.7 Å². The molecule has 1 aliphatic heterocycles. The van der Waals surface area contributed by atoms with Crippen molar-refractivity contribution in [3.63, 3.8) is 0 Å². The molecule has 0 amide bonds. The lowest BCUT2D eigenvalue weighted by molar-refractivity contribution is 0.411. The molecule has 3 nitrogen and oxygen atoms in total. The Balaban J connectivity index is 1.91. The van der Waals surface area contributed by atoms with Gasteiger partial charge in [-0.25, -0.2) is 4.98 Å². The van der Waals surface area contributed by atoms with E-state index in [1.165, 1.54) is 30.2 Å². The molecule has 0 radical (unpaired) electrons. The first-order valence-electron chi connectivity index (χ1n) is 6.52. The summed E-state index contributed by atoms with van der Waals surface area (Å²) in [6.07, 6.45) is 3.45. The van der Waals surface area contributed by atoms with Crippen LogP contribution in [0.4, 0.5) is 0 Å². The first-order chi connectivity index (χ1) is 8.19. The van der Waals surface area contributed by atoms with Gasteiger partial charge in [0.25, 0.3) is 0 Å². The molecule has 2 atom stereocenters. The van der Waals surface area contributed by atoms with Gasteiger partial charge in [-0.2, -0.15) is 0 Å². The third kappa shape index (κ3) is 3.50. The molecule has 0 spiro atoms. The SMILES string of the molecule is CC(CCN)Cc1nc(C2CCN(C)C2)cs1. The molecule has 2 heterocycles. The van der Waals surface area contributed by atoms with E-state index in [0.717, 1.165) is 19.4 Å². The molecule has 2 rings (SSSR count). The van der Waals surface area contributed by atoms with Crippen molar-refractivity contribution < 1.29 is 0 Å². The minimum Gasteiger partial charge on any atom is -0.330 e. The van der Waals surface area contributed by atoms with Crippen molar-refractivity contribution in [3.8, 4) is 0 Å². The number of aromatic nitrogens is 1. The zero-order valence-corrected chi connectivity index (χ0v) is 11.7. The Morgan fingerprint density at radius 2 is 2.47 bits per heavy atom. The van der Waals surface area contributed by atoms with Gasteiger partial charge in [0.15, 0.2) is 0 Å². The minimum atomic E-state index is 0.658. The number of thiazole rings is 1. The summed E-state index contributed by atoms with van der Waals surface area (Å²) >= 11 is 1.82. The van der Waals surface area contributed by atoms with E-state index in [1.54, 1.807) is 0 Å². The van der Waals surface area contributed by atoms with Crippen LogP contribution < -0.4 is 5.73 Å². The Morgan fingerprint density at radius 3 is 3.12 bits per heavy atom. The molecule has 0 aliphatic carbocycles. The molecule has 17 heavy (non-hydrogen) atoms. The predicted octanol–water partition coefficient (Wildman–Crippen LogP) is 2.09. The number of hydrogen-bond donors (Lipinski definition) is 1. The molecule has 2 N–H and O–H groups in total. The molecule has 1 aromatic heterocycles. The minimum absolute atomic E-state index is 0.658. The van der Waals surface area contributed by atoms with E-state index in [1.807, 2.05) is 11.3 Å². The fourth-order valence-electron chi connectivity index (χ4n) is 2.47. The van der Waals surface area contributed by atoms with Crippen molar-refractivity contribution in [3.05, 3.63) is 16.1 Å². The van der Waals surface area contributed by atoms with Gasteiger partial charge in [-0.15, -0.1) is 11.3 Å². The molecule has 0 bridgehead atoms. The van der Waals surface area contributed by atoms with E-state index in [-0.39, 0.29) is 0 Å². The fraction of sp³-hybridized carbons (Fsp3) is 0.769. The summed E-state index contributed by atoms with van der Waals surface area (Å²) in [6.45, 7) is 5.42. The number of likely N-dealkylation sites (N-methyl/N-ethyl adjacent to an activating group) is 1. The zero-order valence-electron chi connectivity index (χ0n) is 10.9. The Kier molecular flexibility index (Phi) is 4.54. The number of nitrogens with two attached hydrogens (primary N) is 1. The van der Waals surface area contributed by atoms with E-state index in [2.05, 4.69) is 24.3 Å². The van der Waals surface area contributed by atoms with E-state index in [9.17, 15) is 0 Å². The molecule has 1 aromatic rings. The van der Waals surface area contributed by atoms with Gasteiger partial charge < -0.3 is 10.6 Å². The first kappa shape index (κ1) is 13.0. The van der Waals surface area contributed by atoms with Crippen LogP contribution in [0.15, 0.2) is 5.38 Å². The van der Waals surface area contributed by atoms with Crippen molar-refractivity contribution in [1.82, 2.24) is 9.88 Å². The summed E-state index contributed by atoms with van der Waals surface area (Å²) in [5.74, 6) is 1.32. The van der Waals surface area contributed by atoms with Gasteiger partial charge in [-0.3, -0.25) is 0 Å². The summed E-state index contributed by atoms with van der Waals surface area (Å²) in [5.41, 5.74) is 6.89. The molecule has 96 valence electrons. The standard InChI is InChI=1S/C13H23N3S/c1-10(3-5-14)7-13-15-12(9-17-13)11-4-6-16(2)8-11/h9-11H,3-8,14H2,1-2H3. The van der Waals surface area contributed by atoms with Gasteiger partial charge in [-0.05, 0) is 38.9 Å². The van der Waals surface area contributed by atoms with E-state index in [0.29, 0.717) is 11.8 Å². The summed E-state index contributed by atoms with van der Waals surface area (Å²) in [6, 6.07) is 0. The van der Waals surface area contributed by atoms with Gasteiger partial charge in [0.1, 0.15) is 0 Å². The number of likely N-dealkylation sites (tertiary alicyclic amines) is 1. The van der Waals surface area contributed by atoms with Gasteiger partial charge in [-0.1, -0.05) is 6.92 Å². The van der Waals surface area contributed by atoms with Gasteiger partial charge in [0.2, 0.25) is 0 Å². The topological polar surface area (TPSA) is 42.1 Å². The smallest absolute Gasteiger partial charge is 0.0931 e. The summed E-state index contributed by atoms with van der Waals surface area (Å²) in [7, 11) is 2.19. The summed E-state index contributed by atoms with van der Waals surface area (Å²) < 4.78 is 0. The molecule has 2 unspecified atom stereocenters. The Hall–Kier alpha value is -0.450. The Morgan fingerprint density at radius 1 is 1.65 bits per heavy atom. The second-order valence-electron chi connectivity index (χ2n) is 5.30. The van der Waals surface area contributed by atoms with Gasteiger partial charge in [0.05, 0.1) is 10.7 Å². The largest absolute Gasteiger partial charge is 0.330 e. The van der Waals surface area contributed by atoms with Crippen LogP contribution in [0.5, 0.6) is 0 Å². The van der Waals surface area contributed by atoms with Crippen molar-refractivity contribution in [2.45, 2.75) is 32.1 Å². The monoisotopic (exact) mass is 253 g/mol. The highest BCUT2D eigenvalue weighted by atomic mass is 32.1. The summed E-state index contributed by atoms with van der Waals surface area (Å²) in [4.78, 5) is 7.19. The van der Waals surface area contributed by atoms with Crippen molar-refractivity contribution in [1.29, 1.82) is 0 Å². The number of rotatable bonds is 5. The van der Waals surface area contributed by atoms with Crippen LogP contribution in [0.3, 0.4) is 0 Å². The zero-order chi connectivity index (χ0) is 12.3. The predicted molar refractivity (Wildman–Crippen MR) is 73.5 cm³/mol. The van der Waals surface area contributed by atoms with Gasteiger partial charge >= 0.3 is 0 Å². The quantitative estimate of drug-likeness (QED) is 0.873. The van der Waals surface area contributed by atoms with Crippen LogP contribution in [0.1, 0.15) is 36.4 Å². The normalized spacial score (nSPS) is 23.1. The molecule has 0 saturated carbocycles. The first-order valence-corrected chi connectivity index (χ1v) is 7.40. The second kappa shape index (κ2) is 5.94. The third-order valence-electron chi connectivity index (χ3n) is 3.56. The number of hydrogen-bond acceptors (Lipinski definition) is 4. The molecule has 4 heteroatoms. The molecular weight excluding hydrogens is 230 g/mol. The average molecular weight is 253 g/mol. The summed E-state index contributed by atoms with van der Waals surface area (Å²) in [5, 5.41) is 3.55. The lowest BCUT2D eigenvalue weighted by atomic mass is 10.0. The highest BCUT2D eigenvalue weighted by Gasteiger charge is 2.23. The fourth-order valence-corrected chi connectivity index (χ4v) is 3.51. The third-order valence-corrected chi connectivity index (χ3v) is 4.45. The maximum absolute atomic E-state index is 5.58. The van der Waals surface area contributed by atoms with E-state index in [4.69, 9.17) is 10.7 Å². The highest BCUT2D eigenvalue weighted by Crippen LogP contribution is 2.28.